The predicted octanol–water partition coefficient (Wildman–Crippen LogP) is 6.06. The van der Waals surface area contributed by atoms with Gasteiger partial charge in [-0.1, -0.05) is 27.7 Å². The van der Waals surface area contributed by atoms with Crippen LogP contribution in [0.15, 0.2) is 12.3 Å². The highest BCUT2D eigenvalue weighted by atomic mass is 19.4. The van der Waals surface area contributed by atoms with Crippen molar-refractivity contribution in [2.75, 3.05) is 13.2 Å². The summed E-state index contributed by atoms with van der Waals surface area (Å²) in [6.45, 7) is 11.1. The van der Waals surface area contributed by atoms with Gasteiger partial charge >= 0.3 is 6.18 Å². The topological polar surface area (TPSA) is 64.5 Å². The van der Waals surface area contributed by atoms with Gasteiger partial charge in [0.2, 0.25) is 0 Å². The number of aliphatic hydroxyl groups is 1. The number of alkyl halides is 3. The molecule has 1 saturated heterocycles. The standard InChI is InChI=1S/C27H33F3N2O3/c1-14(2)22-20-21(19-17(32-22)11-25(4,5)12-18(19)33)26(6-8-34-9-7-26)35-24(20)23-15(3)10-16(13-31-23)27(28,29)30/h10,13-14,18,24,33H,6-9,11-12H2,1-5H3. The Morgan fingerprint density at radius 2 is 1.83 bits per heavy atom. The van der Waals surface area contributed by atoms with Crippen LogP contribution in [-0.4, -0.2) is 28.3 Å². The molecular weight excluding hydrogens is 457 g/mol. The molecule has 1 fully saturated rings. The highest BCUT2D eigenvalue weighted by Gasteiger charge is 2.53. The highest BCUT2D eigenvalue weighted by molar-refractivity contribution is 5.54. The molecule has 2 aliphatic heterocycles. The zero-order valence-electron chi connectivity index (χ0n) is 20.9. The Morgan fingerprint density at radius 1 is 1.14 bits per heavy atom. The Kier molecular flexibility index (Phi) is 5.81. The lowest BCUT2D eigenvalue weighted by molar-refractivity contribution is -0.138. The molecule has 2 atom stereocenters. The van der Waals surface area contributed by atoms with Crippen molar-refractivity contribution in [3.63, 3.8) is 0 Å². The van der Waals surface area contributed by atoms with E-state index in [1.165, 1.54) is 0 Å². The van der Waals surface area contributed by atoms with E-state index in [9.17, 15) is 18.3 Å². The Labute approximate surface area is 204 Å². The number of nitrogens with zero attached hydrogens (tertiary/aromatic N) is 2. The van der Waals surface area contributed by atoms with E-state index in [0.717, 1.165) is 46.8 Å². The molecule has 0 aromatic carbocycles. The molecule has 1 spiro atoms. The van der Waals surface area contributed by atoms with E-state index in [1.807, 2.05) is 0 Å². The molecule has 190 valence electrons. The zero-order valence-corrected chi connectivity index (χ0v) is 20.9. The van der Waals surface area contributed by atoms with E-state index >= 15 is 0 Å². The van der Waals surface area contributed by atoms with Crippen molar-refractivity contribution in [1.82, 2.24) is 9.97 Å². The van der Waals surface area contributed by atoms with Crippen LogP contribution in [0.3, 0.4) is 0 Å². The predicted molar refractivity (Wildman–Crippen MR) is 124 cm³/mol. The van der Waals surface area contributed by atoms with E-state index in [-0.39, 0.29) is 11.3 Å². The van der Waals surface area contributed by atoms with Crippen molar-refractivity contribution in [3.8, 4) is 0 Å². The molecule has 5 rings (SSSR count). The summed E-state index contributed by atoms with van der Waals surface area (Å²) in [7, 11) is 0. The third kappa shape index (κ3) is 4.07. The van der Waals surface area contributed by atoms with Crippen LogP contribution >= 0.6 is 0 Å². The first-order valence-corrected chi connectivity index (χ1v) is 12.4. The molecule has 5 nitrogen and oxygen atoms in total. The largest absolute Gasteiger partial charge is 0.417 e. The van der Waals surface area contributed by atoms with Gasteiger partial charge in [0.1, 0.15) is 6.10 Å². The van der Waals surface area contributed by atoms with Crippen LogP contribution in [0.2, 0.25) is 0 Å². The van der Waals surface area contributed by atoms with Gasteiger partial charge in [0.15, 0.2) is 0 Å². The number of aryl methyl sites for hydroxylation is 1. The Morgan fingerprint density at radius 3 is 2.43 bits per heavy atom. The third-order valence-electron chi connectivity index (χ3n) is 7.71. The lowest BCUT2D eigenvalue weighted by Gasteiger charge is -2.40. The molecular formula is C27H33F3N2O3. The summed E-state index contributed by atoms with van der Waals surface area (Å²) in [5.41, 5.74) is 3.81. The second-order valence-electron chi connectivity index (χ2n) is 11.4. The fourth-order valence-electron chi connectivity index (χ4n) is 6.14. The number of rotatable bonds is 2. The van der Waals surface area contributed by atoms with Crippen LogP contribution in [0.25, 0.3) is 0 Å². The van der Waals surface area contributed by atoms with E-state index in [0.29, 0.717) is 43.7 Å². The van der Waals surface area contributed by atoms with Crippen LogP contribution in [-0.2, 0) is 27.7 Å². The number of fused-ring (bicyclic) bond motifs is 4. The summed E-state index contributed by atoms with van der Waals surface area (Å²) in [5.74, 6) is 0.0621. The highest BCUT2D eigenvalue weighted by Crippen LogP contribution is 2.57. The average molecular weight is 491 g/mol. The molecule has 2 aromatic rings. The van der Waals surface area contributed by atoms with Crippen molar-refractivity contribution in [1.29, 1.82) is 0 Å². The van der Waals surface area contributed by atoms with E-state index in [2.05, 4.69) is 32.7 Å². The van der Waals surface area contributed by atoms with Gasteiger partial charge in [0.05, 0.1) is 23.0 Å². The van der Waals surface area contributed by atoms with Gasteiger partial charge < -0.3 is 14.6 Å². The maximum absolute atomic E-state index is 13.3. The molecule has 1 N–H and O–H groups in total. The van der Waals surface area contributed by atoms with Gasteiger partial charge in [-0.3, -0.25) is 9.97 Å². The van der Waals surface area contributed by atoms with Gasteiger partial charge in [0, 0.05) is 54.8 Å². The third-order valence-corrected chi connectivity index (χ3v) is 7.71. The van der Waals surface area contributed by atoms with E-state index in [1.54, 1.807) is 6.92 Å². The monoisotopic (exact) mass is 490 g/mol. The summed E-state index contributed by atoms with van der Waals surface area (Å²) in [4.78, 5) is 9.38. The molecule has 0 saturated carbocycles. The van der Waals surface area contributed by atoms with Crippen molar-refractivity contribution in [3.05, 3.63) is 57.2 Å². The van der Waals surface area contributed by atoms with Crippen molar-refractivity contribution in [2.45, 2.75) is 90.2 Å². The van der Waals surface area contributed by atoms with Gasteiger partial charge in [-0.05, 0) is 48.3 Å². The minimum absolute atomic E-state index is 0.0621. The summed E-state index contributed by atoms with van der Waals surface area (Å²) in [6, 6.07) is 1.14. The smallest absolute Gasteiger partial charge is 0.388 e. The number of hydrogen-bond donors (Lipinski definition) is 1. The fourth-order valence-corrected chi connectivity index (χ4v) is 6.14. The van der Waals surface area contributed by atoms with Gasteiger partial charge in [-0.25, -0.2) is 0 Å². The Balaban J connectivity index is 1.77. The number of hydrogen-bond acceptors (Lipinski definition) is 5. The maximum atomic E-state index is 13.3. The van der Waals surface area contributed by atoms with Gasteiger partial charge in [-0.15, -0.1) is 0 Å². The summed E-state index contributed by atoms with van der Waals surface area (Å²) < 4.78 is 52.5. The second-order valence-corrected chi connectivity index (χ2v) is 11.4. The quantitative estimate of drug-likeness (QED) is 0.555. The Bertz CT molecular complexity index is 1150. The molecule has 0 amide bonds. The molecule has 3 aliphatic rings. The molecule has 35 heavy (non-hydrogen) atoms. The van der Waals surface area contributed by atoms with Crippen molar-refractivity contribution in [2.24, 2.45) is 5.41 Å². The van der Waals surface area contributed by atoms with Crippen molar-refractivity contribution >= 4 is 0 Å². The SMILES string of the molecule is Cc1cc(C(F)(F)F)cnc1C1OC2(CCOCC2)c2c3c(nc(C(C)C)c21)CC(C)(C)CC3O. The average Bonchev–Trinajstić information content (AvgIpc) is 3.05. The lowest BCUT2D eigenvalue weighted by Crippen LogP contribution is -2.37. The van der Waals surface area contributed by atoms with E-state index < -0.39 is 29.5 Å². The van der Waals surface area contributed by atoms with Crippen LogP contribution in [0.1, 0.15) is 110 Å². The number of halogens is 3. The molecule has 4 heterocycles. The summed E-state index contributed by atoms with van der Waals surface area (Å²) >= 11 is 0. The molecule has 2 aromatic heterocycles. The normalized spacial score (nSPS) is 25.1. The fraction of sp³-hybridized carbons (Fsp3) is 0.630. The Hall–Kier alpha value is -2.03. The zero-order chi connectivity index (χ0) is 25.3. The number of aromatic nitrogens is 2. The second kappa shape index (κ2) is 8.25. The molecule has 0 bridgehead atoms. The first kappa shape index (κ1) is 24.7. The molecule has 0 radical (unpaired) electrons. The van der Waals surface area contributed by atoms with Gasteiger partial charge in [-0.2, -0.15) is 13.2 Å². The van der Waals surface area contributed by atoms with Gasteiger partial charge in [0.25, 0.3) is 0 Å². The first-order valence-electron chi connectivity index (χ1n) is 12.4. The lowest BCUT2D eigenvalue weighted by atomic mass is 9.70. The summed E-state index contributed by atoms with van der Waals surface area (Å²) in [6.07, 6.45) is -2.32. The molecule has 1 aliphatic carbocycles. The number of aliphatic hydroxyl groups excluding tert-OH is 1. The van der Waals surface area contributed by atoms with Crippen LogP contribution in [0.4, 0.5) is 13.2 Å². The van der Waals surface area contributed by atoms with E-state index in [4.69, 9.17) is 14.5 Å². The van der Waals surface area contributed by atoms with Crippen LogP contribution < -0.4 is 0 Å². The molecule has 8 heteroatoms. The summed E-state index contributed by atoms with van der Waals surface area (Å²) in [5, 5.41) is 11.4. The number of ether oxygens (including phenoxy) is 2. The minimum atomic E-state index is -4.46. The minimum Gasteiger partial charge on any atom is -0.388 e. The van der Waals surface area contributed by atoms with Crippen LogP contribution in [0.5, 0.6) is 0 Å². The first-order chi connectivity index (χ1) is 16.3. The van der Waals surface area contributed by atoms with Crippen molar-refractivity contribution < 1.29 is 27.8 Å². The van der Waals surface area contributed by atoms with Crippen LogP contribution in [0, 0.1) is 12.3 Å². The molecule has 2 unspecified atom stereocenters. The number of pyridine rings is 2. The maximum Gasteiger partial charge on any atom is 0.417 e.